The highest BCUT2D eigenvalue weighted by Crippen LogP contribution is 2.45. The van der Waals surface area contributed by atoms with Crippen molar-refractivity contribution in [3.8, 4) is 18.2 Å². The molecule has 1 heterocycles. The van der Waals surface area contributed by atoms with Crippen LogP contribution in [-0.2, 0) is 4.74 Å². The molecule has 1 aliphatic rings. The lowest BCUT2D eigenvalue weighted by molar-refractivity contribution is 0.109. The van der Waals surface area contributed by atoms with E-state index in [-0.39, 0.29) is 23.5 Å². The first kappa shape index (κ1) is 19.1. The summed E-state index contributed by atoms with van der Waals surface area (Å²) in [6.07, 6.45) is 0. The minimum Gasteiger partial charge on any atom is -0.480 e. The Morgan fingerprint density at radius 1 is 1.15 bits per heavy atom. The summed E-state index contributed by atoms with van der Waals surface area (Å²) in [7, 11) is 0. The normalized spacial score (nSPS) is 14.9. The molecule has 1 aromatic rings. The summed E-state index contributed by atoms with van der Waals surface area (Å²) in [5, 5.41) is 37.0. The number of rotatable bonds is 5. The zero-order chi connectivity index (χ0) is 19.3. The number of benzene rings is 1. The molecule has 6 nitrogen and oxygen atoms in total. The van der Waals surface area contributed by atoms with E-state index in [1.165, 1.54) is 0 Å². The van der Waals surface area contributed by atoms with Gasteiger partial charge in [0, 0.05) is 24.4 Å². The number of aliphatic hydroxyl groups is 1. The number of anilines is 1. The molecule has 132 valence electrons. The molecule has 26 heavy (non-hydrogen) atoms. The molecular formula is C20H20N4O2. The molecular weight excluding hydrogens is 328 g/mol. The number of hydrogen-bond donors (Lipinski definition) is 1. The maximum atomic E-state index is 9.61. The van der Waals surface area contributed by atoms with Crippen LogP contribution in [0.3, 0.4) is 0 Å². The van der Waals surface area contributed by atoms with Crippen molar-refractivity contribution in [1.29, 1.82) is 15.8 Å². The third-order valence-electron chi connectivity index (χ3n) is 4.27. The van der Waals surface area contributed by atoms with Crippen molar-refractivity contribution in [3.05, 3.63) is 46.7 Å². The number of aliphatic hydroxyl groups excluding tert-OH is 1. The molecule has 0 radical (unpaired) electrons. The lowest BCUT2D eigenvalue weighted by Crippen LogP contribution is -2.26. The van der Waals surface area contributed by atoms with Gasteiger partial charge in [0.1, 0.15) is 29.4 Å². The van der Waals surface area contributed by atoms with Crippen molar-refractivity contribution in [1.82, 2.24) is 0 Å². The van der Waals surface area contributed by atoms with Crippen LogP contribution >= 0.6 is 0 Å². The fraction of sp³-hybridized carbons (Fsp3) is 0.350. The van der Waals surface area contributed by atoms with Gasteiger partial charge in [-0.25, -0.2) is 0 Å². The summed E-state index contributed by atoms with van der Waals surface area (Å²) in [5.74, 6) is 0.0389. The van der Waals surface area contributed by atoms with Gasteiger partial charge in [-0.05, 0) is 38.5 Å². The lowest BCUT2D eigenvalue weighted by atomic mass is 9.89. The van der Waals surface area contributed by atoms with Gasteiger partial charge in [0.05, 0.1) is 6.61 Å². The lowest BCUT2D eigenvalue weighted by Gasteiger charge is -2.24. The van der Waals surface area contributed by atoms with Crippen LogP contribution in [0.15, 0.2) is 41.2 Å². The second-order valence-electron chi connectivity index (χ2n) is 6.25. The van der Waals surface area contributed by atoms with E-state index in [1.54, 1.807) is 26.0 Å². The van der Waals surface area contributed by atoms with Gasteiger partial charge in [0.15, 0.2) is 11.3 Å². The minimum atomic E-state index is -0.837. The molecule has 1 aliphatic heterocycles. The topological polar surface area (TPSA) is 104 Å². The van der Waals surface area contributed by atoms with Gasteiger partial charge in [0.2, 0.25) is 0 Å². The first-order chi connectivity index (χ1) is 12.4. The average molecular weight is 348 g/mol. The smallest absolute Gasteiger partial charge is 0.172 e. The molecule has 0 aromatic heterocycles. The Balaban J connectivity index is 2.57. The Morgan fingerprint density at radius 3 is 2.23 bits per heavy atom. The average Bonchev–Trinajstić information content (AvgIpc) is 2.91. The molecule has 0 amide bonds. The Kier molecular flexibility index (Phi) is 5.68. The van der Waals surface area contributed by atoms with E-state index in [2.05, 4.69) is 6.07 Å². The van der Waals surface area contributed by atoms with Gasteiger partial charge in [-0.3, -0.25) is 0 Å². The largest absolute Gasteiger partial charge is 0.480 e. The van der Waals surface area contributed by atoms with Crippen molar-refractivity contribution in [2.75, 3.05) is 24.6 Å². The summed E-state index contributed by atoms with van der Waals surface area (Å²) < 4.78 is 5.80. The van der Waals surface area contributed by atoms with Crippen LogP contribution in [0.2, 0.25) is 0 Å². The molecule has 1 N–H and O–H groups in total. The standard InChI is InChI=1S/C20H20N4O2/c1-4-24(9-10-25)16-7-5-14(6-8-16)18-17(13-23)19(15(11-21)12-22)26-20(18,2)3/h5-8,25H,4,9-10H2,1-3H3. The third kappa shape index (κ3) is 3.40. The monoisotopic (exact) mass is 348 g/mol. The number of ether oxygens (including phenoxy) is 1. The number of likely N-dealkylation sites (N-methyl/N-ethyl adjacent to an activating group) is 1. The zero-order valence-electron chi connectivity index (χ0n) is 15.1. The molecule has 0 fully saturated rings. The molecule has 2 rings (SSSR count). The summed E-state index contributed by atoms with van der Waals surface area (Å²) in [6, 6.07) is 13.3. The van der Waals surface area contributed by atoms with Crippen molar-refractivity contribution in [3.63, 3.8) is 0 Å². The molecule has 1 aromatic carbocycles. The Bertz CT molecular complexity index is 858. The van der Waals surface area contributed by atoms with Crippen LogP contribution in [0.5, 0.6) is 0 Å². The zero-order valence-corrected chi connectivity index (χ0v) is 15.1. The Labute approximate surface area is 153 Å². The number of nitrogens with zero attached hydrogens (tertiary/aromatic N) is 4. The van der Waals surface area contributed by atoms with E-state index in [0.717, 1.165) is 17.8 Å². The first-order valence-corrected chi connectivity index (χ1v) is 8.28. The maximum absolute atomic E-state index is 9.61. The number of hydrogen-bond acceptors (Lipinski definition) is 6. The van der Waals surface area contributed by atoms with Gasteiger partial charge in [-0.15, -0.1) is 0 Å². The van der Waals surface area contributed by atoms with Gasteiger partial charge >= 0.3 is 0 Å². The number of allylic oxidation sites excluding steroid dienone is 2. The van der Waals surface area contributed by atoms with Crippen molar-refractivity contribution in [2.24, 2.45) is 0 Å². The van der Waals surface area contributed by atoms with Crippen molar-refractivity contribution < 1.29 is 9.84 Å². The van der Waals surface area contributed by atoms with E-state index < -0.39 is 5.60 Å². The molecule has 0 spiro atoms. The molecule has 6 heteroatoms. The van der Waals surface area contributed by atoms with Crippen LogP contribution in [-0.4, -0.2) is 30.4 Å². The molecule has 0 saturated carbocycles. The SMILES string of the molecule is CCN(CCO)c1ccc(C2=C(C#N)C(=C(C#N)C#N)OC2(C)C)cc1. The second-order valence-corrected chi connectivity index (χ2v) is 6.25. The van der Waals surface area contributed by atoms with Gasteiger partial charge in [-0.2, -0.15) is 15.8 Å². The van der Waals surface area contributed by atoms with E-state index in [4.69, 9.17) is 20.4 Å². The Morgan fingerprint density at radius 2 is 1.77 bits per heavy atom. The molecule has 0 saturated heterocycles. The molecule has 0 atom stereocenters. The van der Waals surface area contributed by atoms with Crippen LogP contribution in [0.1, 0.15) is 26.3 Å². The van der Waals surface area contributed by atoms with E-state index >= 15 is 0 Å². The predicted octanol–water partition coefficient (Wildman–Crippen LogP) is 2.89. The molecule has 0 bridgehead atoms. The summed E-state index contributed by atoms with van der Waals surface area (Å²) in [6.45, 7) is 6.99. The van der Waals surface area contributed by atoms with Crippen LogP contribution < -0.4 is 4.90 Å². The highest BCUT2D eigenvalue weighted by Gasteiger charge is 2.40. The highest BCUT2D eigenvalue weighted by molar-refractivity contribution is 5.84. The summed E-state index contributed by atoms with van der Waals surface area (Å²) >= 11 is 0. The van der Waals surface area contributed by atoms with E-state index in [0.29, 0.717) is 12.1 Å². The maximum Gasteiger partial charge on any atom is 0.172 e. The van der Waals surface area contributed by atoms with Crippen LogP contribution in [0.25, 0.3) is 5.57 Å². The molecule has 0 aliphatic carbocycles. The minimum absolute atomic E-state index is 0.0389. The van der Waals surface area contributed by atoms with Gasteiger partial charge in [-0.1, -0.05) is 12.1 Å². The highest BCUT2D eigenvalue weighted by atomic mass is 16.5. The van der Waals surface area contributed by atoms with Crippen molar-refractivity contribution >= 4 is 11.3 Å². The summed E-state index contributed by atoms with van der Waals surface area (Å²) in [4.78, 5) is 2.04. The van der Waals surface area contributed by atoms with Crippen LogP contribution in [0, 0.1) is 34.0 Å². The summed E-state index contributed by atoms with van der Waals surface area (Å²) in [5.41, 5.74) is 1.57. The predicted molar refractivity (Wildman–Crippen MR) is 97.4 cm³/mol. The quantitative estimate of drug-likeness (QED) is 0.821. The van der Waals surface area contributed by atoms with Gasteiger partial charge < -0.3 is 14.7 Å². The van der Waals surface area contributed by atoms with E-state index in [9.17, 15) is 5.26 Å². The van der Waals surface area contributed by atoms with Crippen molar-refractivity contribution in [2.45, 2.75) is 26.4 Å². The fourth-order valence-corrected chi connectivity index (χ4v) is 3.10. The third-order valence-corrected chi connectivity index (χ3v) is 4.27. The van der Waals surface area contributed by atoms with E-state index in [1.807, 2.05) is 36.1 Å². The Hall–Kier alpha value is -3.27. The fourth-order valence-electron chi connectivity index (χ4n) is 3.10. The number of nitriles is 3. The second kappa shape index (κ2) is 7.74. The van der Waals surface area contributed by atoms with Crippen LogP contribution in [0.4, 0.5) is 5.69 Å². The first-order valence-electron chi connectivity index (χ1n) is 8.28. The van der Waals surface area contributed by atoms with Gasteiger partial charge in [0.25, 0.3) is 0 Å². The molecule has 0 unspecified atom stereocenters.